The van der Waals surface area contributed by atoms with Crippen LogP contribution in [0.15, 0.2) is 84.9 Å². The molecule has 156 valence electrons. The summed E-state index contributed by atoms with van der Waals surface area (Å²) in [5.41, 5.74) is 4.28. The molecule has 2 heterocycles. The highest BCUT2D eigenvalue weighted by Gasteiger charge is 2.33. The normalized spacial score (nSPS) is 17.2. The highest BCUT2D eigenvalue weighted by molar-refractivity contribution is 5.80. The number of hydrogen-bond acceptors (Lipinski definition) is 3. The first-order chi connectivity index (χ1) is 15.3. The molecule has 1 N–H and O–H groups in total. The van der Waals surface area contributed by atoms with E-state index in [9.17, 15) is 4.79 Å². The van der Waals surface area contributed by atoms with Gasteiger partial charge in [-0.15, -0.1) is 0 Å². The summed E-state index contributed by atoms with van der Waals surface area (Å²) < 4.78 is 0. The number of aromatic nitrogens is 2. The number of fused-ring (bicyclic) bond motifs is 1. The average molecular weight is 411 g/mol. The molecule has 1 unspecified atom stereocenters. The van der Waals surface area contributed by atoms with Crippen LogP contribution in [0, 0.1) is 0 Å². The predicted octanol–water partition coefficient (Wildman–Crippen LogP) is 4.19. The van der Waals surface area contributed by atoms with Crippen LogP contribution in [0.3, 0.4) is 0 Å². The van der Waals surface area contributed by atoms with Gasteiger partial charge in [-0.05, 0) is 23.3 Å². The van der Waals surface area contributed by atoms with E-state index in [4.69, 9.17) is 4.98 Å². The molecule has 1 aliphatic rings. The van der Waals surface area contributed by atoms with Gasteiger partial charge in [0.15, 0.2) is 0 Å². The minimum absolute atomic E-state index is 0.0962. The Balaban J connectivity index is 1.41. The first-order valence-electron chi connectivity index (χ1n) is 10.8. The Kier molecular flexibility index (Phi) is 5.50. The van der Waals surface area contributed by atoms with Crippen LogP contribution in [0.5, 0.6) is 0 Å². The molecule has 3 aromatic carbocycles. The lowest BCUT2D eigenvalue weighted by molar-refractivity contribution is -0.136. The van der Waals surface area contributed by atoms with Crippen LogP contribution in [0.4, 0.5) is 0 Å². The summed E-state index contributed by atoms with van der Waals surface area (Å²) >= 11 is 0. The lowest BCUT2D eigenvalue weighted by atomic mass is 10.1. The number of carbonyl (C=O) groups excluding carboxylic acids is 1. The smallest absolute Gasteiger partial charge is 0.227 e. The predicted molar refractivity (Wildman–Crippen MR) is 122 cm³/mol. The zero-order valence-electron chi connectivity index (χ0n) is 17.4. The molecule has 1 fully saturated rings. The second-order valence-corrected chi connectivity index (χ2v) is 8.13. The number of amides is 1. The highest BCUT2D eigenvalue weighted by atomic mass is 16.2. The Labute approximate surface area is 182 Å². The van der Waals surface area contributed by atoms with E-state index in [2.05, 4.69) is 34.1 Å². The van der Waals surface area contributed by atoms with E-state index in [1.807, 2.05) is 65.6 Å². The Morgan fingerprint density at radius 1 is 0.871 bits per heavy atom. The summed E-state index contributed by atoms with van der Waals surface area (Å²) in [5.74, 6) is 1.01. The molecule has 1 atom stereocenters. The first-order valence-corrected chi connectivity index (χ1v) is 10.8. The fourth-order valence-corrected chi connectivity index (χ4v) is 4.36. The second-order valence-electron chi connectivity index (χ2n) is 8.13. The molecule has 1 saturated heterocycles. The third kappa shape index (κ3) is 4.37. The number of hydrogen-bond donors (Lipinski definition) is 1. The number of H-pyrrole nitrogens is 1. The number of aromatic amines is 1. The van der Waals surface area contributed by atoms with E-state index in [0.29, 0.717) is 13.0 Å². The topological polar surface area (TPSA) is 52.2 Å². The van der Waals surface area contributed by atoms with Crippen molar-refractivity contribution in [2.45, 2.75) is 19.0 Å². The van der Waals surface area contributed by atoms with Crippen LogP contribution in [-0.4, -0.2) is 45.3 Å². The largest absolute Gasteiger partial charge is 0.340 e. The van der Waals surface area contributed by atoms with Crippen molar-refractivity contribution in [3.05, 3.63) is 102 Å². The van der Waals surface area contributed by atoms with Gasteiger partial charge in [-0.25, -0.2) is 4.98 Å². The third-order valence-electron chi connectivity index (χ3n) is 5.96. The maximum absolute atomic E-state index is 13.3. The van der Waals surface area contributed by atoms with Crippen molar-refractivity contribution in [3.8, 4) is 0 Å². The van der Waals surface area contributed by atoms with Gasteiger partial charge in [0.05, 0.1) is 17.5 Å². The molecule has 0 spiro atoms. The summed E-state index contributed by atoms with van der Waals surface area (Å²) in [6, 6.07) is 28.4. The van der Waals surface area contributed by atoms with E-state index >= 15 is 0 Å². The molecule has 5 heteroatoms. The maximum atomic E-state index is 13.3. The molecule has 4 aromatic rings. The van der Waals surface area contributed by atoms with Crippen LogP contribution in [0.1, 0.15) is 23.0 Å². The van der Waals surface area contributed by atoms with Crippen molar-refractivity contribution in [1.29, 1.82) is 0 Å². The van der Waals surface area contributed by atoms with Crippen LogP contribution < -0.4 is 0 Å². The minimum Gasteiger partial charge on any atom is -0.340 e. The van der Waals surface area contributed by atoms with E-state index in [1.54, 1.807) is 0 Å². The first kappa shape index (κ1) is 19.5. The van der Waals surface area contributed by atoms with E-state index in [-0.39, 0.29) is 11.9 Å². The second kappa shape index (κ2) is 8.74. The lowest BCUT2D eigenvalue weighted by Crippen LogP contribution is -2.51. The van der Waals surface area contributed by atoms with Crippen molar-refractivity contribution < 1.29 is 4.79 Å². The van der Waals surface area contributed by atoms with Crippen LogP contribution in [0.2, 0.25) is 0 Å². The molecule has 0 saturated carbocycles. The number of imidazole rings is 1. The molecule has 5 nitrogen and oxygen atoms in total. The van der Waals surface area contributed by atoms with Crippen LogP contribution in [-0.2, 0) is 17.8 Å². The monoisotopic (exact) mass is 410 g/mol. The van der Waals surface area contributed by atoms with Crippen LogP contribution in [0.25, 0.3) is 11.0 Å². The standard InChI is InChI=1S/C26H26N4O/c31-25(17-20-9-3-1-4-10-20)30-16-15-29(18-21-11-5-2-6-12-21)19-24(30)26-27-22-13-7-8-14-23(22)28-26/h1-14,24H,15-19H2,(H,27,28). The van der Waals surface area contributed by atoms with Gasteiger partial charge in [-0.1, -0.05) is 72.8 Å². The van der Waals surface area contributed by atoms with Gasteiger partial charge in [-0.3, -0.25) is 9.69 Å². The van der Waals surface area contributed by atoms with Gasteiger partial charge in [0, 0.05) is 26.2 Å². The van der Waals surface area contributed by atoms with Crippen molar-refractivity contribution in [1.82, 2.24) is 19.8 Å². The summed E-state index contributed by atoms with van der Waals surface area (Å²) in [6.45, 7) is 3.18. The van der Waals surface area contributed by atoms with Crippen molar-refractivity contribution in [3.63, 3.8) is 0 Å². The zero-order valence-corrected chi connectivity index (χ0v) is 17.4. The number of nitrogens with zero attached hydrogens (tertiary/aromatic N) is 3. The van der Waals surface area contributed by atoms with Crippen molar-refractivity contribution >= 4 is 16.9 Å². The Bertz CT molecular complexity index is 1120. The summed E-state index contributed by atoms with van der Waals surface area (Å²) in [5, 5.41) is 0. The highest BCUT2D eigenvalue weighted by Crippen LogP contribution is 2.27. The van der Waals surface area contributed by atoms with Gasteiger partial charge in [0.25, 0.3) is 0 Å². The summed E-state index contributed by atoms with van der Waals surface area (Å²) in [6.07, 6.45) is 0.413. The Morgan fingerprint density at radius 3 is 2.29 bits per heavy atom. The number of rotatable bonds is 5. The molecular weight excluding hydrogens is 384 g/mol. The Hall–Kier alpha value is -3.44. The number of nitrogens with one attached hydrogen (secondary N) is 1. The SMILES string of the molecule is O=C(Cc1ccccc1)N1CCN(Cc2ccccc2)CC1c1nc2ccccc2[nH]1. The molecule has 31 heavy (non-hydrogen) atoms. The number of para-hydroxylation sites is 2. The minimum atomic E-state index is -0.0962. The molecule has 1 amide bonds. The molecule has 0 aliphatic carbocycles. The summed E-state index contributed by atoms with van der Waals surface area (Å²) in [7, 11) is 0. The van der Waals surface area contributed by atoms with Gasteiger partial charge >= 0.3 is 0 Å². The molecular formula is C26H26N4O. The van der Waals surface area contributed by atoms with Gasteiger partial charge < -0.3 is 9.88 Å². The van der Waals surface area contributed by atoms with Crippen LogP contribution >= 0.6 is 0 Å². The van der Waals surface area contributed by atoms with Crippen molar-refractivity contribution in [2.75, 3.05) is 19.6 Å². The third-order valence-corrected chi connectivity index (χ3v) is 5.96. The van der Waals surface area contributed by atoms with Crippen molar-refractivity contribution in [2.24, 2.45) is 0 Å². The van der Waals surface area contributed by atoms with Gasteiger partial charge in [0.2, 0.25) is 5.91 Å². The molecule has 1 aromatic heterocycles. The van der Waals surface area contributed by atoms with E-state index in [0.717, 1.165) is 42.1 Å². The van der Waals surface area contributed by atoms with Gasteiger partial charge in [0.1, 0.15) is 11.9 Å². The molecule has 5 rings (SSSR count). The van der Waals surface area contributed by atoms with E-state index in [1.165, 1.54) is 5.56 Å². The quantitative estimate of drug-likeness (QED) is 0.537. The number of piperazine rings is 1. The zero-order chi connectivity index (χ0) is 21.0. The van der Waals surface area contributed by atoms with Gasteiger partial charge in [-0.2, -0.15) is 0 Å². The molecule has 0 radical (unpaired) electrons. The lowest BCUT2D eigenvalue weighted by Gasteiger charge is -2.40. The average Bonchev–Trinajstić information content (AvgIpc) is 3.25. The Morgan fingerprint density at radius 2 is 1.55 bits per heavy atom. The maximum Gasteiger partial charge on any atom is 0.227 e. The molecule has 1 aliphatic heterocycles. The fourth-order valence-electron chi connectivity index (χ4n) is 4.36. The number of carbonyl (C=O) groups is 1. The van der Waals surface area contributed by atoms with E-state index < -0.39 is 0 Å². The molecule has 0 bridgehead atoms. The summed E-state index contributed by atoms with van der Waals surface area (Å²) in [4.78, 5) is 26.0. The number of benzene rings is 3. The fraction of sp³-hybridized carbons (Fsp3) is 0.231.